The molecule has 0 spiro atoms. The highest BCUT2D eigenvalue weighted by molar-refractivity contribution is 6.44. The van der Waals surface area contributed by atoms with Crippen LogP contribution in [0.4, 0.5) is 0 Å². The van der Waals surface area contributed by atoms with E-state index in [4.69, 9.17) is 33.4 Å². The average molecular weight is 385 g/mol. The quantitative estimate of drug-likeness (QED) is 0.811. The first-order valence-corrected chi connectivity index (χ1v) is 8.89. The van der Waals surface area contributed by atoms with Gasteiger partial charge in [0, 0.05) is 5.56 Å². The average Bonchev–Trinajstić information content (AvgIpc) is 2.74. The summed E-state index contributed by atoms with van der Waals surface area (Å²) in [5, 5.41) is 9.62. The third-order valence-corrected chi connectivity index (χ3v) is 5.62. The van der Waals surface area contributed by atoms with E-state index in [0.29, 0.717) is 21.7 Å². The van der Waals surface area contributed by atoms with E-state index < -0.39 is 11.9 Å². The molecule has 0 unspecified atom stereocenters. The van der Waals surface area contributed by atoms with Crippen LogP contribution >= 0.6 is 23.2 Å². The molecule has 1 N–H and O–H groups in total. The van der Waals surface area contributed by atoms with Gasteiger partial charge in [-0.05, 0) is 36.8 Å². The molecule has 136 valence electrons. The summed E-state index contributed by atoms with van der Waals surface area (Å²) in [5.41, 5.74) is 1.61. The van der Waals surface area contributed by atoms with Crippen LogP contribution in [-0.4, -0.2) is 22.8 Å². The number of hydrogen-bond donors (Lipinski definition) is 1. The summed E-state index contributed by atoms with van der Waals surface area (Å²) in [5.74, 6) is -1.57. The van der Waals surface area contributed by atoms with Crippen LogP contribution in [0.3, 0.4) is 0 Å². The molecule has 1 aliphatic heterocycles. The van der Waals surface area contributed by atoms with Crippen molar-refractivity contribution in [2.24, 2.45) is 17.8 Å². The smallest absolute Gasteiger partial charge is 0.331 e. The summed E-state index contributed by atoms with van der Waals surface area (Å²) < 4.78 is 0. The number of amides is 1. The Bertz CT molecular complexity index is 717. The number of carbonyl (C=O) groups excluding carboxylic acids is 2. The number of amidine groups is 1. The number of fused-ring (bicyclic) bond motifs is 1. The van der Waals surface area contributed by atoms with Crippen molar-refractivity contribution in [2.75, 3.05) is 0 Å². The van der Waals surface area contributed by atoms with Crippen molar-refractivity contribution in [3.63, 3.8) is 0 Å². The summed E-state index contributed by atoms with van der Waals surface area (Å²) in [4.78, 5) is 30.6. The summed E-state index contributed by atoms with van der Waals surface area (Å²) in [6.07, 6.45) is 0. The predicted octanol–water partition coefficient (Wildman–Crippen LogP) is 4.78. The normalized spacial score (nSPS) is 14.1. The van der Waals surface area contributed by atoms with Gasteiger partial charge in [-0.15, -0.1) is 5.06 Å². The lowest BCUT2D eigenvalue weighted by Gasteiger charge is -2.25. The lowest BCUT2D eigenvalue weighted by molar-refractivity contribution is -0.173. The van der Waals surface area contributed by atoms with Crippen LogP contribution in [0, 0.1) is 37.0 Å². The second-order valence-corrected chi connectivity index (χ2v) is 7.76. The first-order valence-electron chi connectivity index (χ1n) is 8.13. The van der Waals surface area contributed by atoms with Crippen LogP contribution in [0.5, 0.6) is 0 Å². The van der Waals surface area contributed by atoms with E-state index in [2.05, 4.69) is 0 Å². The SMILES string of the molecule is Cc1c(Cl)c(Cl)c(C)c2c1C(=N)N(OC(=O)C(C(C)C)C(C)C)C2=O. The van der Waals surface area contributed by atoms with Gasteiger partial charge in [-0.1, -0.05) is 50.9 Å². The molecule has 0 saturated heterocycles. The molecule has 0 fully saturated rings. The van der Waals surface area contributed by atoms with Crippen molar-refractivity contribution < 1.29 is 14.4 Å². The molecule has 25 heavy (non-hydrogen) atoms. The Hall–Kier alpha value is -1.59. The zero-order chi connectivity index (χ0) is 19.2. The maximum absolute atomic E-state index is 12.7. The summed E-state index contributed by atoms with van der Waals surface area (Å²) in [6.45, 7) is 11.0. The minimum atomic E-state index is -0.571. The molecule has 7 heteroatoms. The Balaban J connectivity index is 2.43. The molecule has 0 bridgehead atoms. The van der Waals surface area contributed by atoms with Crippen LogP contribution in [0.15, 0.2) is 0 Å². The Morgan fingerprint density at radius 1 is 1.00 bits per heavy atom. The van der Waals surface area contributed by atoms with Gasteiger partial charge in [-0.2, -0.15) is 0 Å². The standard InChI is InChI=1S/C18H22Cl2N2O3/c1-7(2)11(8(3)4)18(24)25-22-16(21)12-9(5)14(19)15(20)10(6)13(12)17(22)23/h7-8,11,21H,1-6H3. The number of nitrogens with zero attached hydrogens (tertiary/aromatic N) is 1. The molecule has 1 aromatic carbocycles. The van der Waals surface area contributed by atoms with Crippen LogP contribution in [0.1, 0.15) is 54.7 Å². The van der Waals surface area contributed by atoms with Crippen LogP contribution in [-0.2, 0) is 9.63 Å². The summed E-state index contributed by atoms with van der Waals surface area (Å²) in [6, 6.07) is 0. The fourth-order valence-electron chi connectivity index (χ4n) is 3.34. The van der Waals surface area contributed by atoms with E-state index in [1.165, 1.54) is 0 Å². The molecule has 1 amide bonds. The number of hydroxylamine groups is 2. The van der Waals surface area contributed by atoms with Gasteiger partial charge in [0.1, 0.15) is 0 Å². The van der Waals surface area contributed by atoms with Crippen molar-refractivity contribution in [1.82, 2.24) is 5.06 Å². The molecule has 0 aliphatic carbocycles. The Kier molecular flexibility index (Phi) is 5.50. The minimum absolute atomic E-state index is 0.0501. The zero-order valence-corrected chi connectivity index (χ0v) is 16.7. The number of nitrogens with one attached hydrogen (secondary N) is 1. The number of carbonyl (C=O) groups is 2. The van der Waals surface area contributed by atoms with Crippen LogP contribution in [0.2, 0.25) is 10.0 Å². The van der Waals surface area contributed by atoms with E-state index in [1.54, 1.807) is 13.8 Å². The fraction of sp³-hybridized carbons (Fsp3) is 0.500. The van der Waals surface area contributed by atoms with Gasteiger partial charge in [-0.3, -0.25) is 10.2 Å². The van der Waals surface area contributed by atoms with Gasteiger partial charge in [0.2, 0.25) is 0 Å². The van der Waals surface area contributed by atoms with Gasteiger partial charge in [-0.25, -0.2) is 4.79 Å². The van der Waals surface area contributed by atoms with Crippen LogP contribution in [0.25, 0.3) is 0 Å². The predicted molar refractivity (Wildman–Crippen MR) is 98.2 cm³/mol. The molecule has 5 nitrogen and oxygen atoms in total. The van der Waals surface area contributed by atoms with E-state index in [1.807, 2.05) is 27.7 Å². The van der Waals surface area contributed by atoms with Gasteiger partial charge < -0.3 is 4.84 Å². The Labute approximate surface area is 157 Å². The second kappa shape index (κ2) is 6.96. The van der Waals surface area contributed by atoms with Gasteiger partial charge in [0.25, 0.3) is 5.91 Å². The van der Waals surface area contributed by atoms with Gasteiger partial charge in [0.15, 0.2) is 5.84 Å². The third kappa shape index (κ3) is 3.15. The number of halogens is 2. The monoisotopic (exact) mass is 384 g/mol. The number of rotatable bonds is 4. The maximum atomic E-state index is 12.7. The first-order chi connectivity index (χ1) is 11.5. The second-order valence-electron chi connectivity index (χ2n) is 7.00. The van der Waals surface area contributed by atoms with Crippen LogP contribution < -0.4 is 0 Å². The van der Waals surface area contributed by atoms with Crippen molar-refractivity contribution in [3.05, 3.63) is 32.3 Å². The molecular weight excluding hydrogens is 363 g/mol. The topological polar surface area (TPSA) is 70.5 Å². The number of benzene rings is 1. The zero-order valence-electron chi connectivity index (χ0n) is 15.2. The highest BCUT2D eigenvalue weighted by Crippen LogP contribution is 2.39. The summed E-state index contributed by atoms with van der Waals surface area (Å²) in [7, 11) is 0. The minimum Gasteiger partial charge on any atom is -0.331 e. The van der Waals surface area contributed by atoms with E-state index in [0.717, 1.165) is 5.06 Å². The fourth-order valence-corrected chi connectivity index (χ4v) is 3.82. The largest absolute Gasteiger partial charge is 0.336 e. The highest BCUT2D eigenvalue weighted by Gasteiger charge is 2.41. The van der Waals surface area contributed by atoms with Crippen molar-refractivity contribution in [3.8, 4) is 0 Å². The van der Waals surface area contributed by atoms with Gasteiger partial charge in [0.05, 0.1) is 21.5 Å². The molecule has 0 saturated carbocycles. The molecule has 0 atom stereocenters. The van der Waals surface area contributed by atoms with Gasteiger partial charge >= 0.3 is 5.97 Å². The van der Waals surface area contributed by atoms with Crippen molar-refractivity contribution in [2.45, 2.75) is 41.5 Å². The molecule has 1 aliphatic rings. The molecular formula is C18H22Cl2N2O3. The van der Waals surface area contributed by atoms with E-state index in [9.17, 15) is 9.59 Å². The molecule has 2 rings (SSSR count). The summed E-state index contributed by atoms with van der Waals surface area (Å²) >= 11 is 12.4. The highest BCUT2D eigenvalue weighted by atomic mass is 35.5. The molecule has 1 heterocycles. The maximum Gasteiger partial charge on any atom is 0.336 e. The lowest BCUT2D eigenvalue weighted by atomic mass is 9.86. The Morgan fingerprint density at radius 2 is 1.44 bits per heavy atom. The first kappa shape index (κ1) is 19.7. The Morgan fingerprint density at radius 3 is 1.88 bits per heavy atom. The third-order valence-electron chi connectivity index (χ3n) is 4.58. The van der Waals surface area contributed by atoms with E-state index >= 15 is 0 Å². The van der Waals surface area contributed by atoms with Crippen molar-refractivity contribution in [1.29, 1.82) is 5.41 Å². The molecule has 0 aromatic heterocycles. The molecule has 1 aromatic rings. The lowest BCUT2D eigenvalue weighted by Crippen LogP contribution is -2.38. The molecule has 0 radical (unpaired) electrons. The van der Waals surface area contributed by atoms with E-state index in [-0.39, 0.29) is 34.2 Å². The van der Waals surface area contributed by atoms with Crippen molar-refractivity contribution >= 4 is 40.9 Å². The number of hydrogen-bond acceptors (Lipinski definition) is 4.